The van der Waals surface area contributed by atoms with Gasteiger partial charge in [-0.3, -0.25) is 4.99 Å². The van der Waals surface area contributed by atoms with E-state index < -0.39 is 0 Å². The van der Waals surface area contributed by atoms with Gasteiger partial charge in [-0.2, -0.15) is 0 Å². The van der Waals surface area contributed by atoms with Gasteiger partial charge < -0.3 is 4.74 Å². The fraction of sp³-hybridized carbons (Fsp3) is 0.308. The van der Waals surface area contributed by atoms with Crippen LogP contribution in [0.1, 0.15) is 25.0 Å². The van der Waals surface area contributed by atoms with E-state index in [-0.39, 0.29) is 0 Å². The Morgan fingerprint density at radius 1 is 1.44 bits per heavy atom. The SMILES string of the molecule is CC(=N/C(C)=C\S)c1ccc2c(c1)CCO2. The maximum atomic E-state index is 5.47. The minimum absolute atomic E-state index is 0.796. The predicted octanol–water partition coefficient (Wildman–Crippen LogP) is 3.22. The smallest absolute Gasteiger partial charge is 0.122 e. The summed E-state index contributed by atoms with van der Waals surface area (Å²) in [6.07, 6.45) is 0.998. The largest absolute Gasteiger partial charge is 0.493 e. The Labute approximate surface area is 101 Å². The van der Waals surface area contributed by atoms with E-state index in [9.17, 15) is 0 Å². The van der Waals surface area contributed by atoms with Crippen LogP contribution in [-0.4, -0.2) is 12.3 Å². The predicted molar refractivity (Wildman–Crippen MR) is 70.6 cm³/mol. The van der Waals surface area contributed by atoms with Crippen LogP contribution in [0.5, 0.6) is 5.75 Å². The van der Waals surface area contributed by atoms with Crippen molar-refractivity contribution in [3.05, 3.63) is 40.4 Å². The minimum Gasteiger partial charge on any atom is -0.493 e. The third kappa shape index (κ3) is 2.30. The third-order valence-corrected chi connectivity index (χ3v) is 3.01. The number of hydrogen-bond acceptors (Lipinski definition) is 3. The first kappa shape index (κ1) is 11.3. The van der Waals surface area contributed by atoms with Crippen molar-refractivity contribution in [3.8, 4) is 5.75 Å². The van der Waals surface area contributed by atoms with Gasteiger partial charge in [0, 0.05) is 17.8 Å². The molecule has 0 aromatic heterocycles. The van der Waals surface area contributed by atoms with Gasteiger partial charge in [0.1, 0.15) is 5.75 Å². The number of fused-ring (bicyclic) bond motifs is 1. The van der Waals surface area contributed by atoms with E-state index in [1.807, 2.05) is 19.9 Å². The van der Waals surface area contributed by atoms with Gasteiger partial charge in [-0.1, -0.05) is 0 Å². The third-order valence-electron chi connectivity index (χ3n) is 2.64. The quantitative estimate of drug-likeness (QED) is 0.614. The van der Waals surface area contributed by atoms with E-state index in [1.165, 1.54) is 5.56 Å². The molecule has 0 amide bonds. The number of aliphatic imine (C=N–C) groups is 1. The minimum atomic E-state index is 0.796. The standard InChI is InChI=1S/C13H15NOS/c1-9(8-16)14-10(2)11-3-4-13-12(7-11)5-6-15-13/h3-4,7-8,16H,5-6H2,1-2H3/b9-8-,14-10?. The molecule has 0 fully saturated rings. The Hall–Kier alpha value is -1.22. The van der Waals surface area contributed by atoms with Gasteiger partial charge in [-0.15, -0.1) is 12.6 Å². The van der Waals surface area contributed by atoms with E-state index in [2.05, 4.69) is 29.8 Å². The normalized spacial score (nSPS) is 15.9. The molecule has 2 nitrogen and oxygen atoms in total. The summed E-state index contributed by atoms with van der Waals surface area (Å²) < 4.78 is 5.47. The van der Waals surface area contributed by atoms with Crippen LogP contribution in [0.15, 0.2) is 34.3 Å². The van der Waals surface area contributed by atoms with Crippen molar-refractivity contribution in [2.45, 2.75) is 20.3 Å². The second-order valence-electron chi connectivity index (χ2n) is 3.89. The monoisotopic (exact) mass is 233 g/mol. The van der Waals surface area contributed by atoms with Gasteiger partial charge in [0.2, 0.25) is 0 Å². The lowest BCUT2D eigenvalue weighted by molar-refractivity contribution is 0.357. The number of thiol groups is 1. The van der Waals surface area contributed by atoms with Crippen molar-refractivity contribution in [3.63, 3.8) is 0 Å². The van der Waals surface area contributed by atoms with E-state index in [0.29, 0.717) is 0 Å². The van der Waals surface area contributed by atoms with E-state index in [4.69, 9.17) is 4.74 Å². The maximum Gasteiger partial charge on any atom is 0.122 e. The molecule has 1 aromatic rings. The van der Waals surface area contributed by atoms with Crippen LogP contribution in [0.3, 0.4) is 0 Å². The molecule has 0 saturated carbocycles. The highest BCUT2D eigenvalue weighted by atomic mass is 32.1. The van der Waals surface area contributed by atoms with Crippen molar-refractivity contribution >= 4 is 18.3 Å². The Kier molecular flexibility index (Phi) is 3.34. The fourth-order valence-corrected chi connectivity index (χ4v) is 1.83. The van der Waals surface area contributed by atoms with Crippen LogP contribution in [0.2, 0.25) is 0 Å². The lowest BCUT2D eigenvalue weighted by Crippen LogP contribution is -1.95. The molecule has 1 heterocycles. The van der Waals surface area contributed by atoms with E-state index >= 15 is 0 Å². The molecule has 0 saturated heterocycles. The number of allylic oxidation sites excluding steroid dienone is 1. The second-order valence-corrected chi connectivity index (χ2v) is 4.15. The van der Waals surface area contributed by atoms with Crippen molar-refractivity contribution < 1.29 is 4.74 Å². The molecule has 0 aliphatic carbocycles. The first-order valence-corrected chi connectivity index (χ1v) is 5.84. The van der Waals surface area contributed by atoms with Gasteiger partial charge in [0.15, 0.2) is 0 Å². The molecule has 2 rings (SSSR count). The average Bonchev–Trinajstić information content (AvgIpc) is 2.75. The van der Waals surface area contributed by atoms with Crippen molar-refractivity contribution in [1.82, 2.24) is 0 Å². The molecule has 1 aliphatic rings. The van der Waals surface area contributed by atoms with Gasteiger partial charge in [-0.05, 0) is 48.6 Å². The first-order valence-electron chi connectivity index (χ1n) is 5.33. The first-order chi connectivity index (χ1) is 7.70. The molecular weight excluding hydrogens is 218 g/mol. The lowest BCUT2D eigenvalue weighted by atomic mass is 10.1. The van der Waals surface area contributed by atoms with Crippen LogP contribution >= 0.6 is 12.6 Å². The van der Waals surface area contributed by atoms with Gasteiger partial charge in [-0.25, -0.2) is 0 Å². The Balaban J connectivity index is 2.31. The zero-order chi connectivity index (χ0) is 11.5. The number of ether oxygens (including phenoxy) is 1. The molecule has 3 heteroatoms. The molecule has 0 bridgehead atoms. The molecular formula is C13H15NOS. The van der Waals surface area contributed by atoms with Crippen LogP contribution < -0.4 is 4.74 Å². The molecule has 84 valence electrons. The van der Waals surface area contributed by atoms with E-state index in [1.54, 1.807) is 5.41 Å². The van der Waals surface area contributed by atoms with Crippen molar-refractivity contribution in [1.29, 1.82) is 0 Å². The number of benzene rings is 1. The summed E-state index contributed by atoms with van der Waals surface area (Å²) in [7, 11) is 0. The molecule has 0 unspecified atom stereocenters. The number of nitrogens with zero attached hydrogens (tertiary/aromatic N) is 1. The van der Waals surface area contributed by atoms with Crippen molar-refractivity contribution in [2.75, 3.05) is 6.61 Å². The topological polar surface area (TPSA) is 21.6 Å². The average molecular weight is 233 g/mol. The highest BCUT2D eigenvalue weighted by molar-refractivity contribution is 7.83. The van der Waals surface area contributed by atoms with Crippen LogP contribution in [0.25, 0.3) is 0 Å². The second kappa shape index (κ2) is 4.74. The molecule has 1 aliphatic heterocycles. The van der Waals surface area contributed by atoms with Crippen molar-refractivity contribution in [2.24, 2.45) is 4.99 Å². The molecule has 0 spiro atoms. The molecule has 0 radical (unpaired) electrons. The molecule has 0 N–H and O–H groups in total. The van der Waals surface area contributed by atoms with Crippen LogP contribution in [0, 0.1) is 0 Å². The van der Waals surface area contributed by atoms with Crippen LogP contribution in [0.4, 0.5) is 0 Å². The highest BCUT2D eigenvalue weighted by Crippen LogP contribution is 2.26. The summed E-state index contributed by atoms with van der Waals surface area (Å²) in [6.45, 7) is 4.75. The van der Waals surface area contributed by atoms with E-state index in [0.717, 1.165) is 35.7 Å². The summed E-state index contributed by atoms with van der Waals surface area (Å²) in [4.78, 5) is 4.45. The summed E-state index contributed by atoms with van der Waals surface area (Å²) in [6, 6.07) is 6.23. The summed E-state index contributed by atoms with van der Waals surface area (Å²) >= 11 is 4.08. The Morgan fingerprint density at radius 3 is 3.00 bits per heavy atom. The molecule has 0 atom stereocenters. The zero-order valence-electron chi connectivity index (χ0n) is 9.53. The summed E-state index contributed by atoms with van der Waals surface area (Å²) in [5, 5.41) is 1.71. The fourth-order valence-electron chi connectivity index (χ4n) is 1.77. The Morgan fingerprint density at radius 2 is 2.25 bits per heavy atom. The number of hydrogen-bond donors (Lipinski definition) is 1. The molecule has 16 heavy (non-hydrogen) atoms. The Bertz CT molecular complexity index is 463. The molecule has 1 aromatic carbocycles. The van der Waals surface area contributed by atoms with Gasteiger partial charge >= 0.3 is 0 Å². The summed E-state index contributed by atoms with van der Waals surface area (Å²) in [5.74, 6) is 1.01. The lowest BCUT2D eigenvalue weighted by Gasteiger charge is -2.04. The zero-order valence-corrected chi connectivity index (χ0v) is 10.4. The highest BCUT2D eigenvalue weighted by Gasteiger charge is 2.12. The maximum absolute atomic E-state index is 5.47. The van der Waals surface area contributed by atoms with Crippen LogP contribution in [-0.2, 0) is 6.42 Å². The summed E-state index contributed by atoms with van der Waals surface area (Å²) in [5.41, 5.74) is 4.36. The number of rotatable bonds is 2. The van der Waals surface area contributed by atoms with Gasteiger partial charge in [0.25, 0.3) is 0 Å². The van der Waals surface area contributed by atoms with Gasteiger partial charge in [0.05, 0.1) is 6.61 Å².